The minimum atomic E-state index is -0.138. The van der Waals surface area contributed by atoms with Gasteiger partial charge in [0.1, 0.15) is 5.75 Å². The fourth-order valence-electron chi connectivity index (χ4n) is 2.89. The molecule has 4 heteroatoms. The number of ether oxygens (including phenoxy) is 1. The van der Waals surface area contributed by atoms with E-state index in [9.17, 15) is 4.79 Å². The van der Waals surface area contributed by atoms with Gasteiger partial charge in [-0.2, -0.15) is 0 Å². The molecular formula is C19H22N2O2. The maximum absolute atomic E-state index is 12.3. The quantitative estimate of drug-likeness (QED) is 0.889. The topological polar surface area (TPSA) is 50.4 Å². The molecule has 0 aromatic heterocycles. The number of nitrogens with one attached hydrogen (secondary N) is 2. The Kier molecular flexibility index (Phi) is 4.93. The maximum Gasteiger partial charge on any atom is 0.237 e. The molecule has 4 nitrogen and oxygen atoms in total. The molecule has 0 radical (unpaired) electrons. The number of fused-ring (bicyclic) bond motifs is 1. The lowest BCUT2D eigenvalue weighted by molar-refractivity contribution is -0.123. The van der Waals surface area contributed by atoms with Gasteiger partial charge >= 0.3 is 0 Å². The third-order valence-electron chi connectivity index (χ3n) is 4.27. The largest absolute Gasteiger partial charge is 0.497 e. The molecule has 1 aliphatic rings. The van der Waals surface area contributed by atoms with Crippen molar-refractivity contribution < 1.29 is 9.53 Å². The number of rotatable bonds is 5. The number of carbonyl (C=O) groups excluding carboxylic acids is 1. The van der Waals surface area contributed by atoms with E-state index in [2.05, 4.69) is 22.8 Å². The lowest BCUT2D eigenvalue weighted by Crippen LogP contribution is -2.48. The van der Waals surface area contributed by atoms with Gasteiger partial charge in [0.15, 0.2) is 0 Å². The third kappa shape index (κ3) is 3.90. The van der Waals surface area contributed by atoms with Crippen molar-refractivity contribution in [3.8, 4) is 5.75 Å². The second kappa shape index (κ2) is 7.29. The van der Waals surface area contributed by atoms with Crippen LogP contribution in [0.15, 0.2) is 48.5 Å². The zero-order chi connectivity index (χ0) is 16.1. The summed E-state index contributed by atoms with van der Waals surface area (Å²) >= 11 is 0. The van der Waals surface area contributed by atoms with Gasteiger partial charge in [0.2, 0.25) is 5.91 Å². The van der Waals surface area contributed by atoms with Crippen LogP contribution in [0, 0.1) is 0 Å². The Bertz CT molecular complexity index is 667. The molecule has 2 aromatic carbocycles. The molecule has 0 saturated heterocycles. The van der Waals surface area contributed by atoms with Crippen LogP contribution in [0.1, 0.15) is 16.7 Å². The molecule has 3 rings (SSSR count). The van der Waals surface area contributed by atoms with Crippen LogP contribution in [0.3, 0.4) is 0 Å². The SMILES string of the molecule is COc1ccc(CCNC(=O)[C@H]2Cc3ccccc3CN2)cc1. The molecule has 23 heavy (non-hydrogen) atoms. The van der Waals surface area contributed by atoms with E-state index in [4.69, 9.17) is 4.74 Å². The van der Waals surface area contributed by atoms with Crippen LogP contribution in [-0.2, 0) is 24.2 Å². The highest BCUT2D eigenvalue weighted by Crippen LogP contribution is 2.16. The average molecular weight is 310 g/mol. The molecule has 120 valence electrons. The van der Waals surface area contributed by atoms with E-state index < -0.39 is 0 Å². The Morgan fingerprint density at radius 2 is 1.91 bits per heavy atom. The summed E-state index contributed by atoms with van der Waals surface area (Å²) in [5.74, 6) is 0.927. The van der Waals surface area contributed by atoms with E-state index in [0.29, 0.717) is 6.54 Å². The summed E-state index contributed by atoms with van der Waals surface area (Å²) < 4.78 is 5.14. The fourth-order valence-corrected chi connectivity index (χ4v) is 2.89. The van der Waals surface area contributed by atoms with Gasteiger partial charge in [-0.05, 0) is 41.7 Å². The Morgan fingerprint density at radius 3 is 2.65 bits per heavy atom. The fraction of sp³-hybridized carbons (Fsp3) is 0.316. The summed E-state index contributed by atoms with van der Waals surface area (Å²) in [6, 6.07) is 16.1. The van der Waals surface area contributed by atoms with Crippen LogP contribution < -0.4 is 15.4 Å². The zero-order valence-electron chi connectivity index (χ0n) is 13.3. The van der Waals surface area contributed by atoms with E-state index in [1.807, 2.05) is 36.4 Å². The molecule has 0 aliphatic carbocycles. The van der Waals surface area contributed by atoms with E-state index in [1.54, 1.807) is 7.11 Å². The van der Waals surface area contributed by atoms with Crippen molar-refractivity contribution in [3.05, 3.63) is 65.2 Å². The van der Waals surface area contributed by atoms with Crippen molar-refractivity contribution >= 4 is 5.91 Å². The molecule has 2 aromatic rings. The van der Waals surface area contributed by atoms with E-state index in [-0.39, 0.29) is 11.9 Å². The van der Waals surface area contributed by atoms with E-state index in [1.165, 1.54) is 16.7 Å². The smallest absolute Gasteiger partial charge is 0.237 e. The molecule has 0 fully saturated rings. The number of carbonyl (C=O) groups is 1. The van der Waals surface area contributed by atoms with Crippen molar-refractivity contribution in [3.63, 3.8) is 0 Å². The number of hydrogen-bond acceptors (Lipinski definition) is 3. The monoisotopic (exact) mass is 310 g/mol. The first-order valence-corrected chi connectivity index (χ1v) is 7.97. The first kappa shape index (κ1) is 15.6. The van der Waals surface area contributed by atoms with Crippen molar-refractivity contribution in [1.82, 2.24) is 10.6 Å². The lowest BCUT2D eigenvalue weighted by atomic mass is 9.95. The van der Waals surface area contributed by atoms with Crippen LogP contribution in [0.25, 0.3) is 0 Å². The van der Waals surface area contributed by atoms with Gasteiger partial charge in [0.25, 0.3) is 0 Å². The Balaban J connectivity index is 1.48. The summed E-state index contributed by atoms with van der Waals surface area (Å²) in [6.45, 7) is 1.40. The first-order chi connectivity index (χ1) is 11.3. The molecule has 2 N–H and O–H groups in total. The summed E-state index contributed by atoms with van der Waals surface area (Å²) in [6.07, 6.45) is 1.57. The predicted octanol–water partition coefficient (Wildman–Crippen LogP) is 2.07. The van der Waals surface area contributed by atoms with Crippen LogP contribution in [0.4, 0.5) is 0 Å². The Morgan fingerprint density at radius 1 is 1.17 bits per heavy atom. The summed E-state index contributed by atoms with van der Waals surface area (Å²) in [5, 5.41) is 6.34. The van der Waals surface area contributed by atoms with Crippen LogP contribution in [0.5, 0.6) is 5.75 Å². The predicted molar refractivity (Wildman–Crippen MR) is 90.5 cm³/mol. The molecule has 1 heterocycles. The highest BCUT2D eigenvalue weighted by atomic mass is 16.5. The Labute approximate surface area is 136 Å². The Hall–Kier alpha value is -2.33. The van der Waals surface area contributed by atoms with Crippen molar-refractivity contribution in [2.24, 2.45) is 0 Å². The standard InChI is InChI=1S/C19H22N2O2/c1-23-17-8-6-14(7-9-17)10-11-20-19(22)18-12-15-4-2-3-5-16(15)13-21-18/h2-9,18,21H,10-13H2,1H3,(H,20,22)/t18-/m1/s1. The summed E-state index contributed by atoms with van der Waals surface area (Å²) in [5.41, 5.74) is 3.74. The number of benzene rings is 2. The third-order valence-corrected chi connectivity index (χ3v) is 4.27. The molecule has 0 bridgehead atoms. The highest BCUT2D eigenvalue weighted by Gasteiger charge is 2.23. The van der Waals surface area contributed by atoms with Crippen molar-refractivity contribution in [1.29, 1.82) is 0 Å². The molecular weight excluding hydrogens is 288 g/mol. The second-order valence-corrected chi connectivity index (χ2v) is 5.80. The van der Waals surface area contributed by atoms with Crippen LogP contribution in [-0.4, -0.2) is 25.6 Å². The van der Waals surface area contributed by atoms with Gasteiger partial charge in [-0.3, -0.25) is 4.79 Å². The van der Waals surface area contributed by atoms with Crippen molar-refractivity contribution in [2.75, 3.05) is 13.7 Å². The van der Waals surface area contributed by atoms with Gasteiger partial charge in [0, 0.05) is 13.1 Å². The van der Waals surface area contributed by atoms with Gasteiger partial charge < -0.3 is 15.4 Å². The zero-order valence-corrected chi connectivity index (χ0v) is 13.3. The van der Waals surface area contributed by atoms with Gasteiger partial charge in [-0.1, -0.05) is 36.4 Å². The number of amides is 1. The normalized spacial score (nSPS) is 16.5. The van der Waals surface area contributed by atoms with E-state index in [0.717, 1.165) is 25.1 Å². The summed E-state index contributed by atoms with van der Waals surface area (Å²) in [7, 11) is 1.66. The molecule has 0 saturated carbocycles. The minimum Gasteiger partial charge on any atom is -0.497 e. The highest BCUT2D eigenvalue weighted by molar-refractivity contribution is 5.82. The van der Waals surface area contributed by atoms with Crippen LogP contribution in [0.2, 0.25) is 0 Å². The van der Waals surface area contributed by atoms with Gasteiger partial charge in [-0.15, -0.1) is 0 Å². The van der Waals surface area contributed by atoms with Gasteiger partial charge in [0.05, 0.1) is 13.2 Å². The van der Waals surface area contributed by atoms with Gasteiger partial charge in [-0.25, -0.2) is 0 Å². The molecule has 1 aliphatic heterocycles. The molecule has 0 spiro atoms. The second-order valence-electron chi connectivity index (χ2n) is 5.80. The minimum absolute atomic E-state index is 0.0769. The van der Waals surface area contributed by atoms with Crippen molar-refractivity contribution in [2.45, 2.75) is 25.4 Å². The first-order valence-electron chi connectivity index (χ1n) is 7.97. The lowest BCUT2D eigenvalue weighted by Gasteiger charge is -2.25. The molecule has 1 amide bonds. The number of methoxy groups -OCH3 is 1. The average Bonchev–Trinajstić information content (AvgIpc) is 2.61. The maximum atomic E-state index is 12.3. The van der Waals surface area contributed by atoms with E-state index >= 15 is 0 Å². The number of hydrogen-bond donors (Lipinski definition) is 2. The summed E-state index contributed by atoms with van der Waals surface area (Å²) in [4.78, 5) is 12.3. The molecule has 1 atom stereocenters. The van der Waals surface area contributed by atoms with Crippen LogP contribution >= 0.6 is 0 Å². The molecule has 0 unspecified atom stereocenters.